The zero-order valence-corrected chi connectivity index (χ0v) is 13.3. The Hall–Kier alpha value is -1.46. The van der Waals surface area contributed by atoms with Crippen molar-refractivity contribution in [1.82, 2.24) is 0 Å². The lowest BCUT2D eigenvalue weighted by Crippen LogP contribution is -2.01. The van der Waals surface area contributed by atoms with Gasteiger partial charge in [0.2, 0.25) is 0 Å². The summed E-state index contributed by atoms with van der Waals surface area (Å²) in [4.78, 5) is 11.5. The first kappa shape index (κ1) is 14.9. The van der Waals surface area contributed by atoms with Gasteiger partial charge >= 0.3 is 5.97 Å². The molecular weight excluding hydrogens is 346 g/mol. The number of anilines is 1. The van der Waals surface area contributed by atoms with E-state index in [0.717, 1.165) is 10.2 Å². The Balaban J connectivity index is 2.09. The second kappa shape index (κ2) is 6.33. The summed E-state index contributed by atoms with van der Waals surface area (Å²) in [6.45, 7) is 2.15. The molecule has 2 aromatic rings. The van der Waals surface area contributed by atoms with Gasteiger partial charge in [0.25, 0.3) is 0 Å². The van der Waals surface area contributed by atoms with Gasteiger partial charge in [0.15, 0.2) is 0 Å². The topological polar surface area (TPSA) is 51.5 Å². The molecule has 0 aliphatic rings. The summed E-state index contributed by atoms with van der Waals surface area (Å²) < 4.78 is 11.1. The van der Waals surface area contributed by atoms with Crippen molar-refractivity contribution in [2.75, 3.05) is 12.4 Å². The van der Waals surface area contributed by atoms with Gasteiger partial charge < -0.3 is 14.5 Å². The van der Waals surface area contributed by atoms with Gasteiger partial charge in [-0.2, -0.15) is 0 Å². The lowest BCUT2D eigenvalue weighted by molar-refractivity contribution is 0.0599. The summed E-state index contributed by atoms with van der Waals surface area (Å²) in [5, 5.41) is 3.76. The quantitative estimate of drug-likeness (QED) is 0.823. The van der Waals surface area contributed by atoms with Crippen LogP contribution in [0.1, 0.15) is 21.9 Å². The van der Waals surface area contributed by atoms with Crippen LogP contribution in [0.2, 0.25) is 5.02 Å². The molecular formula is C14H13BrClNO3. The monoisotopic (exact) mass is 357 g/mol. The molecule has 0 amide bonds. The van der Waals surface area contributed by atoms with Gasteiger partial charge in [0, 0.05) is 4.47 Å². The third-order valence-corrected chi connectivity index (χ3v) is 3.56. The molecule has 0 saturated carbocycles. The Morgan fingerprint density at radius 2 is 2.20 bits per heavy atom. The van der Waals surface area contributed by atoms with E-state index in [1.165, 1.54) is 7.11 Å². The number of nitrogens with one attached hydrogen (secondary N) is 1. The molecule has 0 unspecified atom stereocenters. The predicted octanol–water partition coefficient (Wildman–Crippen LogP) is 4.40. The van der Waals surface area contributed by atoms with Gasteiger partial charge in [0.05, 0.1) is 24.4 Å². The van der Waals surface area contributed by atoms with Crippen molar-refractivity contribution in [3.05, 3.63) is 50.8 Å². The molecule has 0 aliphatic carbocycles. The van der Waals surface area contributed by atoms with Crippen LogP contribution in [-0.4, -0.2) is 13.1 Å². The number of carbonyl (C=O) groups is 1. The van der Waals surface area contributed by atoms with Crippen LogP contribution in [0.3, 0.4) is 0 Å². The third-order valence-electron chi connectivity index (χ3n) is 2.76. The Morgan fingerprint density at radius 3 is 2.85 bits per heavy atom. The van der Waals surface area contributed by atoms with Crippen molar-refractivity contribution in [3.63, 3.8) is 0 Å². The first-order chi connectivity index (χ1) is 9.51. The van der Waals surface area contributed by atoms with Crippen LogP contribution < -0.4 is 5.32 Å². The first-order valence-electron chi connectivity index (χ1n) is 5.88. The third kappa shape index (κ3) is 3.35. The van der Waals surface area contributed by atoms with E-state index in [-0.39, 0.29) is 0 Å². The number of hydrogen-bond donors (Lipinski definition) is 1. The highest BCUT2D eigenvalue weighted by atomic mass is 79.9. The van der Waals surface area contributed by atoms with Crippen molar-refractivity contribution in [2.24, 2.45) is 0 Å². The molecule has 2 rings (SSSR count). The summed E-state index contributed by atoms with van der Waals surface area (Å²) in [6, 6.07) is 7.23. The smallest absolute Gasteiger partial charge is 0.341 e. The summed E-state index contributed by atoms with van der Waals surface area (Å²) in [7, 11) is 1.34. The zero-order chi connectivity index (χ0) is 14.7. The Kier molecular flexibility index (Phi) is 4.73. The van der Waals surface area contributed by atoms with E-state index in [1.54, 1.807) is 19.1 Å². The lowest BCUT2D eigenvalue weighted by Gasteiger charge is -2.06. The Morgan fingerprint density at radius 1 is 1.45 bits per heavy atom. The highest BCUT2D eigenvalue weighted by molar-refractivity contribution is 9.10. The summed E-state index contributed by atoms with van der Waals surface area (Å²) >= 11 is 9.45. The van der Waals surface area contributed by atoms with Crippen molar-refractivity contribution in [2.45, 2.75) is 13.5 Å². The number of halogens is 2. The number of rotatable bonds is 4. The summed E-state index contributed by atoms with van der Waals surface area (Å²) in [5.41, 5.74) is 1.23. The fraction of sp³-hybridized carbons (Fsp3) is 0.214. The molecule has 106 valence electrons. The van der Waals surface area contributed by atoms with Crippen molar-refractivity contribution in [3.8, 4) is 0 Å². The molecule has 0 spiro atoms. The second-order valence-electron chi connectivity index (χ2n) is 4.15. The number of methoxy groups -OCH3 is 1. The minimum atomic E-state index is -0.404. The number of esters is 1. The van der Waals surface area contributed by atoms with E-state index in [0.29, 0.717) is 28.7 Å². The normalized spacial score (nSPS) is 10.4. The van der Waals surface area contributed by atoms with Crippen LogP contribution >= 0.6 is 27.5 Å². The molecule has 0 atom stereocenters. The summed E-state index contributed by atoms with van der Waals surface area (Å²) in [5.74, 6) is 0.775. The number of aryl methyl sites for hydroxylation is 1. The van der Waals surface area contributed by atoms with E-state index < -0.39 is 5.97 Å². The zero-order valence-electron chi connectivity index (χ0n) is 11.0. The Labute approximate surface area is 130 Å². The van der Waals surface area contributed by atoms with Crippen LogP contribution in [-0.2, 0) is 11.3 Å². The predicted molar refractivity (Wildman–Crippen MR) is 81.3 cm³/mol. The molecule has 1 heterocycles. The maximum atomic E-state index is 11.5. The van der Waals surface area contributed by atoms with Crippen LogP contribution in [0.4, 0.5) is 5.69 Å². The van der Waals surface area contributed by atoms with Gasteiger partial charge in [-0.25, -0.2) is 4.79 Å². The lowest BCUT2D eigenvalue weighted by atomic mass is 10.2. The minimum Gasteiger partial charge on any atom is -0.465 e. The van der Waals surface area contributed by atoms with Crippen LogP contribution in [0.15, 0.2) is 33.2 Å². The standard InChI is InChI=1S/C14H13BrClNO3/c1-8-11(14(18)19-2)6-10(20-8)7-17-13-4-3-9(15)5-12(13)16/h3-6,17H,7H2,1-2H3. The van der Waals surface area contributed by atoms with Gasteiger partial charge in [-0.1, -0.05) is 27.5 Å². The number of benzene rings is 1. The molecule has 0 saturated heterocycles. The molecule has 6 heteroatoms. The van der Waals surface area contributed by atoms with Crippen molar-refractivity contribution < 1.29 is 13.9 Å². The summed E-state index contributed by atoms with van der Waals surface area (Å²) in [6.07, 6.45) is 0. The number of ether oxygens (including phenoxy) is 1. The van der Waals surface area contributed by atoms with Gasteiger partial charge in [0.1, 0.15) is 17.1 Å². The largest absolute Gasteiger partial charge is 0.465 e. The van der Waals surface area contributed by atoms with Crippen molar-refractivity contribution >= 4 is 39.2 Å². The van der Waals surface area contributed by atoms with Crippen LogP contribution in [0.5, 0.6) is 0 Å². The van der Waals surface area contributed by atoms with Gasteiger partial charge in [-0.3, -0.25) is 0 Å². The molecule has 1 aromatic heterocycles. The van der Waals surface area contributed by atoms with E-state index in [4.69, 9.17) is 16.0 Å². The second-order valence-corrected chi connectivity index (χ2v) is 5.47. The molecule has 0 radical (unpaired) electrons. The molecule has 0 bridgehead atoms. The SMILES string of the molecule is COC(=O)c1cc(CNc2ccc(Br)cc2Cl)oc1C. The van der Waals surface area contributed by atoms with E-state index >= 15 is 0 Å². The highest BCUT2D eigenvalue weighted by Crippen LogP contribution is 2.26. The maximum Gasteiger partial charge on any atom is 0.341 e. The van der Waals surface area contributed by atoms with E-state index in [9.17, 15) is 4.79 Å². The fourth-order valence-corrected chi connectivity index (χ4v) is 2.50. The highest BCUT2D eigenvalue weighted by Gasteiger charge is 2.15. The van der Waals surface area contributed by atoms with Crippen molar-refractivity contribution in [1.29, 1.82) is 0 Å². The molecule has 0 aliphatic heterocycles. The average molecular weight is 359 g/mol. The molecule has 1 N–H and O–H groups in total. The molecule has 0 fully saturated rings. The van der Waals surface area contributed by atoms with Crippen LogP contribution in [0.25, 0.3) is 0 Å². The Bertz CT molecular complexity index is 639. The fourth-order valence-electron chi connectivity index (χ4n) is 1.76. The van der Waals surface area contributed by atoms with E-state index in [1.807, 2.05) is 12.1 Å². The minimum absolute atomic E-state index is 0.404. The maximum absolute atomic E-state index is 11.5. The number of hydrogen-bond acceptors (Lipinski definition) is 4. The van der Waals surface area contributed by atoms with Gasteiger partial charge in [-0.05, 0) is 31.2 Å². The molecule has 20 heavy (non-hydrogen) atoms. The van der Waals surface area contributed by atoms with Crippen LogP contribution in [0, 0.1) is 6.92 Å². The van der Waals surface area contributed by atoms with Gasteiger partial charge in [-0.15, -0.1) is 0 Å². The average Bonchev–Trinajstić information content (AvgIpc) is 2.78. The number of furan rings is 1. The molecule has 4 nitrogen and oxygen atoms in total. The van der Waals surface area contributed by atoms with E-state index in [2.05, 4.69) is 26.0 Å². The first-order valence-corrected chi connectivity index (χ1v) is 7.05. The molecule has 1 aromatic carbocycles. The number of carbonyl (C=O) groups excluding carboxylic acids is 1.